The molecule has 4 nitrogen and oxygen atoms in total. The summed E-state index contributed by atoms with van der Waals surface area (Å²) in [6, 6.07) is 5.22. The molecule has 0 fully saturated rings. The minimum Gasteiger partial charge on any atom is -0.388 e. The first-order chi connectivity index (χ1) is 8.85. The molecule has 2 amide bonds. The summed E-state index contributed by atoms with van der Waals surface area (Å²) in [6.07, 6.45) is 1.36. The van der Waals surface area contributed by atoms with Gasteiger partial charge >= 0.3 is 0 Å². The number of nitrogens with zero attached hydrogens (tertiary/aromatic N) is 1. The molecule has 102 valence electrons. The van der Waals surface area contributed by atoms with Crippen molar-refractivity contribution in [3.63, 3.8) is 0 Å². The van der Waals surface area contributed by atoms with Crippen LogP contribution in [0.2, 0.25) is 0 Å². The SMILES string of the molecule is CCCC(C)(O)CN1C(=O)c2ccc(C)cc2C1=O. The molecule has 1 aromatic rings. The number of hydrogen-bond acceptors (Lipinski definition) is 3. The maximum Gasteiger partial charge on any atom is 0.261 e. The smallest absolute Gasteiger partial charge is 0.261 e. The summed E-state index contributed by atoms with van der Waals surface area (Å²) < 4.78 is 0. The van der Waals surface area contributed by atoms with Crippen LogP contribution in [0.25, 0.3) is 0 Å². The molecule has 19 heavy (non-hydrogen) atoms. The summed E-state index contributed by atoms with van der Waals surface area (Å²) in [5, 5.41) is 10.2. The third-order valence-corrected chi connectivity index (χ3v) is 3.41. The molecule has 0 bridgehead atoms. The first-order valence-electron chi connectivity index (χ1n) is 6.55. The third-order valence-electron chi connectivity index (χ3n) is 3.41. The Hall–Kier alpha value is -1.68. The highest BCUT2D eigenvalue weighted by molar-refractivity contribution is 6.21. The fourth-order valence-corrected chi connectivity index (χ4v) is 2.51. The third kappa shape index (κ3) is 2.54. The zero-order valence-corrected chi connectivity index (χ0v) is 11.6. The Labute approximate surface area is 113 Å². The highest BCUT2D eigenvalue weighted by Gasteiger charge is 2.38. The molecule has 1 aliphatic rings. The van der Waals surface area contributed by atoms with E-state index in [4.69, 9.17) is 0 Å². The average Bonchev–Trinajstić information content (AvgIpc) is 2.54. The lowest BCUT2D eigenvalue weighted by molar-refractivity contribution is 0.0140. The minimum atomic E-state index is -1.03. The molecule has 1 atom stereocenters. The van der Waals surface area contributed by atoms with Crippen molar-refractivity contribution in [2.45, 2.75) is 39.2 Å². The van der Waals surface area contributed by atoms with Gasteiger partial charge in [0.15, 0.2) is 0 Å². The van der Waals surface area contributed by atoms with Crippen molar-refractivity contribution in [1.82, 2.24) is 4.90 Å². The van der Waals surface area contributed by atoms with E-state index < -0.39 is 5.60 Å². The molecule has 0 saturated carbocycles. The lowest BCUT2D eigenvalue weighted by atomic mass is 10.00. The van der Waals surface area contributed by atoms with Gasteiger partial charge in [-0.15, -0.1) is 0 Å². The van der Waals surface area contributed by atoms with Crippen LogP contribution in [0, 0.1) is 6.92 Å². The Kier molecular flexibility index (Phi) is 3.45. The zero-order valence-electron chi connectivity index (χ0n) is 11.6. The van der Waals surface area contributed by atoms with Crippen molar-refractivity contribution in [3.05, 3.63) is 34.9 Å². The van der Waals surface area contributed by atoms with Gasteiger partial charge in [0.2, 0.25) is 0 Å². The number of carbonyl (C=O) groups excluding carboxylic acids is 2. The van der Waals surface area contributed by atoms with Gasteiger partial charge in [0.05, 0.1) is 23.3 Å². The molecule has 1 N–H and O–H groups in total. The Bertz CT molecular complexity index is 534. The summed E-state index contributed by atoms with van der Waals surface area (Å²) in [4.78, 5) is 25.6. The van der Waals surface area contributed by atoms with Crippen LogP contribution in [0.5, 0.6) is 0 Å². The number of aryl methyl sites for hydroxylation is 1. The van der Waals surface area contributed by atoms with Crippen LogP contribution in [0.3, 0.4) is 0 Å². The fraction of sp³-hybridized carbons (Fsp3) is 0.467. The second-order valence-electron chi connectivity index (χ2n) is 5.49. The van der Waals surface area contributed by atoms with E-state index in [9.17, 15) is 14.7 Å². The van der Waals surface area contributed by atoms with Gasteiger partial charge in [-0.25, -0.2) is 0 Å². The van der Waals surface area contributed by atoms with Crippen LogP contribution in [0.15, 0.2) is 18.2 Å². The van der Waals surface area contributed by atoms with Crippen LogP contribution in [-0.4, -0.2) is 34.0 Å². The van der Waals surface area contributed by atoms with Crippen molar-refractivity contribution in [2.75, 3.05) is 6.54 Å². The second kappa shape index (κ2) is 4.78. The Morgan fingerprint density at radius 3 is 2.47 bits per heavy atom. The molecule has 4 heteroatoms. The van der Waals surface area contributed by atoms with Gasteiger partial charge in [-0.3, -0.25) is 14.5 Å². The van der Waals surface area contributed by atoms with E-state index in [1.807, 2.05) is 19.9 Å². The van der Waals surface area contributed by atoms with Gasteiger partial charge in [0.1, 0.15) is 0 Å². The second-order valence-corrected chi connectivity index (χ2v) is 5.49. The maximum atomic E-state index is 12.2. The van der Waals surface area contributed by atoms with E-state index in [0.717, 1.165) is 16.9 Å². The zero-order chi connectivity index (χ0) is 14.2. The van der Waals surface area contributed by atoms with Gasteiger partial charge in [-0.2, -0.15) is 0 Å². The number of carbonyl (C=O) groups is 2. The number of hydrogen-bond donors (Lipinski definition) is 1. The first kappa shape index (κ1) is 13.7. The molecule has 0 radical (unpaired) electrons. The van der Waals surface area contributed by atoms with E-state index in [1.165, 1.54) is 0 Å². The number of amides is 2. The standard InChI is InChI=1S/C15H19NO3/c1-4-7-15(3,19)9-16-13(17)11-6-5-10(2)8-12(11)14(16)18/h5-6,8,19H,4,7,9H2,1-3H3. The lowest BCUT2D eigenvalue weighted by Gasteiger charge is -2.27. The summed E-state index contributed by atoms with van der Waals surface area (Å²) >= 11 is 0. The summed E-state index contributed by atoms with van der Waals surface area (Å²) in [5.41, 5.74) is 0.791. The van der Waals surface area contributed by atoms with Gasteiger partial charge in [-0.1, -0.05) is 25.0 Å². The van der Waals surface area contributed by atoms with Crippen molar-refractivity contribution in [3.8, 4) is 0 Å². The number of rotatable bonds is 4. The minimum absolute atomic E-state index is 0.0479. The predicted octanol–water partition coefficient (Wildman–Crippen LogP) is 2.14. The highest BCUT2D eigenvalue weighted by atomic mass is 16.3. The molecule has 0 aromatic heterocycles. The number of imide groups is 1. The van der Waals surface area contributed by atoms with Gasteiger partial charge in [-0.05, 0) is 32.4 Å². The van der Waals surface area contributed by atoms with E-state index in [0.29, 0.717) is 17.5 Å². The van der Waals surface area contributed by atoms with Crippen LogP contribution in [0.4, 0.5) is 0 Å². The molecule has 2 rings (SSSR count). The van der Waals surface area contributed by atoms with E-state index in [1.54, 1.807) is 19.1 Å². The normalized spacial score (nSPS) is 17.6. The number of benzene rings is 1. The largest absolute Gasteiger partial charge is 0.388 e. The van der Waals surface area contributed by atoms with Crippen LogP contribution >= 0.6 is 0 Å². The average molecular weight is 261 g/mol. The highest BCUT2D eigenvalue weighted by Crippen LogP contribution is 2.26. The summed E-state index contributed by atoms with van der Waals surface area (Å²) in [6.45, 7) is 5.55. The van der Waals surface area contributed by atoms with Gasteiger partial charge in [0.25, 0.3) is 11.8 Å². The Morgan fingerprint density at radius 2 is 1.84 bits per heavy atom. The van der Waals surface area contributed by atoms with Crippen molar-refractivity contribution in [2.24, 2.45) is 0 Å². The molecule has 1 unspecified atom stereocenters. The van der Waals surface area contributed by atoms with Gasteiger partial charge < -0.3 is 5.11 Å². The molecule has 0 spiro atoms. The van der Waals surface area contributed by atoms with Crippen LogP contribution in [-0.2, 0) is 0 Å². The number of fused-ring (bicyclic) bond motifs is 1. The quantitative estimate of drug-likeness (QED) is 0.845. The van der Waals surface area contributed by atoms with Crippen molar-refractivity contribution < 1.29 is 14.7 Å². The first-order valence-corrected chi connectivity index (χ1v) is 6.55. The number of β-amino-alcohol motifs (C(OH)–C–C–N with tert-alkyl or cyclic N) is 1. The van der Waals surface area contributed by atoms with E-state index in [-0.39, 0.29) is 18.4 Å². The van der Waals surface area contributed by atoms with Gasteiger partial charge in [0, 0.05) is 0 Å². The van der Waals surface area contributed by atoms with Crippen molar-refractivity contribution in [1.29, 1.82) is 0 Å². The topological polar surface area (TPSA) is 57.6 Å². The summed E-state index contributed by atoms with van der Waals surface area (Å²) in [5.74, 6) is -0.614. The van der Waals surface area contributed by atoms with Crippen molar-refractivity contribution >= 4 is 11.8 Å². The van der Waals surface area contributed by atoms with Crippen LogP contribution in [0.1, 0.15) is 53.0 Å². The monoisotopic (exact) mass is 261 g/mol. The maximum absolute atomic E-state index is 12.2. The molecule has 0 saturated heterocycles. The number of aliphatic hydroxyl groups is 1. The molecular formula is C15H19NO3. The van der Waals surface area contributed by atoms with E-state index >= 15 is 0 Å². The summed E-state index contributed by atoms with van der Waals surface area (Å²) in [7, 11) is 0. The molecule has 0 aliphatic carbocycles. The molecule has 1 aliphatic heterocycles. The predicted molar refractivity (Wildman–Crippen MR) is 72.1 cm³/mol. The molecular weight excluding hydrogens is 242 g/mol. The molecule has 1 aromatic carbocycles. The Balaban J connectivity index is 2.28. The molecule has 1 heterocycles. The fourth-order valence-electron chi connectivity index (χ4n) is 2.51. The van der Waals surface area contributed by atoms with E-state index in [2.05, 4.69) is 0 Å². The Morgan fingerprint density at radius 1 is 1.21 bits per heavy atom. The van der Waals surface area contributed by atoms with Crippen LogP contribution < -0.4 is 0 Å². The lowest BCUT2D eigenvalue weighted by Crippen LogP contribution is -2.43.